The van der Waals surface area contributed by atoms with Crippen molar-refractivity contribution in [2.75, 3.05) is 6.61 Å². The summed E-state index contributed by atoms with van der Waals surface area (Å²) in [6, 6.07) is 0. The van der Waals surface area contributed by atoms with Crippen LogP contribution in [0.2, 0.25) is 0 Å². The summed E-state index contributed by atoms with van der Waals surface area (Å²) in [6.07, 6.45) is 22.6. The summed E-state index contributed by atoms with van der Waals surface area (Å²) in [5.74, 6) is 0. The molecule has 0 saturated carbocycles. The minimum atomic E-state index is 0.366. The van der Waals surface area contributed by atoms with Gasteiger partial charge in [-0.15, -0.1) is 0 Å². The van der Waals surface area contributed by atoms with Gasteiger partial charge in [-0.1, -0.05) is 90.4 Å². The first-order valence-electron chi connectivity index (χ1n) is 10.1. The van der Waals surface area contributed by atoms with Crippen LogP contribution in [0.15, 0.2) is 0 Å². The molecule has 1 aliphatic rings. The molecule has 1 rings (SSSR count). The van der Waals surface area contributed by atoms with E-state index in [2.05, 4.69) is 6.92 Å². The van der Waals surface area contributed by atoms with Crippen LogP contribution >= 0.6 is 0 Å². The fourth-order valence-corrected chi connectivity index (χ4v) is 3.33. The highest BCUT2D eigenvalue weighted by Gasteiger charge is 2.36. The molecule has 2 heteroatoms. The average molecular weight is 313 g/mol. The van der Waals surface area contributed by atoms with Crippen LogP contribution in [0.5, 0.6) is 0 Å². The molecule has 0 aromatic heterocycles. The average Bonchev–Trinajstić information content (AvgIpc) is 3.27. The summed E-state index contributed by atoms with van der Waals surface area (Å²) in [4.78, 5) is 0. The lowest BCUT2D eigenvalue weighted by atomic mass is 10.0. The Balaban J connectivity index is 1.69. The maximum absolute atomic E-state index is 8.70. The van der Waals surface area contributed by atoms with Crippen molar-refractivity contribution in [3.63, 3.8) is 0 Å². The van der Waals surface area contributed by atoms with E-state index in [1.54, 1.807) is 0 Å². The van der Waals surface area contributed by atoms with E-state index in [1.807, 2.05) is 0 Å². The zero-order chi connectivity index (χ0) is 15.9. The monoisotopic (exact) mass is 312 g/mol. The number of rotatable bonds is 17. The maximum Gasteiger partial charge on any atom is 0.0841 e. The molecule has 132 valence electrons. The highest BCUT2D eigenvalue weighted by Crippen LogP contribution is 2.31. The summed E-state index contributed by atoms with van der Waals surface area (Å²) < 4.78 is 5.75. The first kappa shape index (κ1) is 20.0. The van der Waals surface area contributed by atoms with Gasteiger partial charge in [0, 0.05) is 6.61 Å². The normalized spacial score (nSPS) is 20.5. The van der Waals surface area contributed by atoms with Gasteiger partial charge in [0.05, 0.1) is 12.2 Å². The smallest absolute Gasteiger partial charge is 0.0841 e. The fourth-order valence-electron chi connectivity index (χ4n) is 3.33. The molecule has 2 atom stereocenters. The van der Waals surface area contributed by atoms with Crippen LogP contribution < -0.4 is 0 Å². The summed E-state index contributed by atoms with van der Waals surface area (Å²) in [5.41, 5.74) is 0. The quantitative estimate of drug-likeness (QED) is 0.263. The van der Waals surface area contributed by atoms with Crippen LogP contribution in [0.3, 0.4) is 0 Å². The number of hydrogen-bond acceptors (Lipinski definition) is 2. The number of aliphatic hydroxyl groups is 1. The summed E-state index contributed by atoms with van der Waals surface area (Å²) in [7, 11) is 0. The second-order valence-corrected chi connectivity index (χ2v) is 7.11. The topological polar surface area (TPSA) is 32.8 Å². The molecule has 1 heterocycles. The standard InChI is InChI=1S/C20H40O2/c1-2-3-13-16-19-20(22-19)17-14-11-9-7-5-4-6-8-10-12-15-18-21/h19-21H,2-18H2,1H3. The first-order chi connectivity index (χ1) is 10.9. The molecule has 0 radical (unpaired) electrons. The van der Waals surface area contributed by atoms with Crippen molar-refractivity contribution >= 4 is 0 Å². The van der Waals surface area contributed by atoms with E-state index >= 15 is 0 Å². The molecule has 0 bridgehead atoms. The van der Waals surface area contributed by atoms with Crippen LogP contribution in [0.1, 0.15) is 110 Å². The lowest BCUT2D eigenvalue weighted by Crippen LogP contribution is -1.94. The van der Waals surface area contributed by atoms with Crippen molar-refractivity contribution in [3.05, 3.63) is 0 Å². The van der Waals surface area contributed by atoms with Crippen molar-refractivity contribution in [2.45, 2.75) is 122 Å². The Bertz CT molecular complexity index is 230. The maximum atomic E-state index is 8.70. The highest BCUT2D eigenvalue weighted by molar-refractivity contribution is 4.84. The van der Waals surface area contributed by atoms with Gasteiger partial charge in [0.25, 0.3) is 0 Å². The predicted molar refractivity (Wildman–Crippen MR) is 95.3 cm³/mol. The van der Waals surface area contributed by atoms with Crippen molar-refractivity contribution in [3.8, 4) is 0 Å². The van der Waals surface area contributed by atoms with E-state index in [9.17, 15) is 0 Å². The summed E-state index contributed by atoms with van der Waals surface area (Å²) in [5, 5.41) is 8.70. The molecule has 0 aromatic rings. The summed E-state index contributed by atoms with van der Waals surface area (Å²) >= 11 is 0. The lowest BCUT2D eigenvalue weighted by molar-refractivity contribution is 0.282. The zero-order valence-corrected chi connectivity index (χ0v) is 15.0. The SMILES string of the molecule is CCCCCC1OC1CCCCCCCCCCCCCO. The van der Waals surface area contributed by atoms with Crippen molar-refractivity contribution in [2.24, 2.45) is 0 Å². The second-order valence-electron chi connectivity index (χ2n) is 7.11. The van der Waals surface area contributed by atoms with Crippen LogP contribution in [-0.4, -0.2) is 23.9 Å². The molecule has 1 fully saturated rings. The summed E-state index contributed by atoms with van der Waals surface area (Å²) in [6.45, 7) is 2.63. The third-order valence-electron chi connectivity index (χ3n) is 4.93. The highest BCUT2D eigenvalue weighted by atomic mass is 16.6. The minimum absolute atomic E-state index is 0.366. The Morgan fingerprint density at radius 3 is 1.45 bits per heavy atom. The van der Waals surface area contributed by atoms with Crippen LogP contribution in [0, 0.1) is 0 Å². The molecule has 1 aliphatic heterocycles. The minimum Gasteiger partial charge on any atom is -0.396 e. The molecule has 0 aromatic carbocycles. The van der Waals surface area contributed by atoms with Crippen molar-refractivity contribution in [1.29, 1.82) is 0 Å². The number of ether oxygens (including phenoxy) is 1. The molecular formula is C20H40O2. The van der Waals surface area contributed by atoms with Crippen LogP contribution in [0.4, 0.5) is 0 Å². The molecule has 0 spiro atoms. The molecule has 2 unspecified atom stereocenters. The van der Waals surface area contributed by atoms with Gasteiger partial charge in [0.2, 0.25) is 0 Å². The molecule has 0 amide bonds. The van der Waals surface area contributed by atoms with E-state index in [0.717, 1.165) is 6.42 Å². The Morgan fingerprint density at radius 2 is 1.00 bits per heavy atom. The van der Waals surface area contributed by atoms with E-state index < -0.39 is 0 Å². The van der Waals surface area contributed by atoms with Crippen molar-refractivity contribution < 1.29 is 9.84 Å². The predicted octanol–water partition coefficient (Wildman–Crippen LogP) is 6.01. The van der Waals surface area contributed by atoms with Crippen molar-refractivity contribution in [1.82, 2.24) is 0 Å². The van der Waals surface area contributed by atoms with Gasteiger partial charge in [0.15, 0.2) is 0 Å². The number of hydrogen-bond donors (Lipinski definition) is 1. The van der Waals surface area contributed by atoms with Gasteiger partial charge >= 0.3 is 0 Å². The van der Waals surface area contributed by atoms with E-state index in [-0.39, 0.29) is 0 Å². The second kappa shape index (κ2) is 14.5. The van der Waals surface area contributed by atoms with Crippen LogP contribution in [-0.2, 0) is 4.74 Å². The Kier molecular flexibility index (Phi) is 13.2. The fraction of sp³-hybridized carbons (Fsp3) is 1.00. The van der Waals surface area contributed by atoms with E-state index in [0.29, 0.717) is 18.8 Å². The number of aliphatic hydroxyl groups excluding tert-OH is 1. The van der Waals surface area contributed by atoms with Gasteiger partial charge < -0.3 is 9.84 Å². The number of unbranched alkanes of at least 4 members (excludes halogenated alkanes) is 12. The van der Waals surface area contributed by atoms with Gasteiger partial charge in [-0.25, -0.2) is 0 Å². The lowest BCUT2D eigenvalue weighted by Gasteiger charge is -2.02. The largest absolute Gasteiger partial charge is 0.396 e. The molecular weight excluding hydrogens is 272 g/mol. The zero-order valence-electron chi connectivity index (χ0n) is 15.0. The Labute approximate surface area is 139 Å². The van der Waals surface area contributed by atoms with Gasteiger partial charge in [-0.05, 0) is 19.3 Å². The molecule has 2 nitrogen and oxygen atoms in total. The van der Waals surface area contributed by atoms with Gasteiger partial charge in [-0.2, -0.15) is 0 Å². The molecule has 1 saturated heterocycles. The van der Waals surface area contributed by atoms with Crippen LogP contribution in [0.25, 0.3) is 0 Å². The number of epoxide rings is 1. The Morgan fingerprint density at radius 1 is 0.591 bits per heavy atom. The van der Waals surface area contributed by atoms with E-state index in [1.165, 1.54) is 96.3 Å². The third-order valence-corrected chi connectivity index (χ3v) is 4.93. The third kappa shape index (κ3) is 11.5. The molecule has 22 heavy (non-hydrogen) atoms. The molecule has 1 N–H and O–H groups in total. The first-order valence-corrected chi connectivity index (χ1v) is 10.1. The van der Waals surface area contributed by atoms with Gasteiger partial charge in [0.1, 0.15) is 0 Å². The van der Waals surface area contributed by atoms with Gasteiger partial charge in [-0.3, -0.25) is 0 Å². The molecule has 0 aliphatic carbocycles. The Hall–Kier alpha value is -0.0800. The van der Waals surface area contributed by atoms with E-state index in [4.69, 9.17) is 9.84 Å².